The predicted molar refractivity (Wildman–Crippen MR) is 119 cm³/mol. The summed E-state index contributed by atoms with van der Waals surface area (Å²) in [5.41, 5.74) is 0.703. The highest BCUT2D eigenvalue weighted by atomic mass is 16.6. The second kappa shape index (κ2) is 8.02. The maximum Gasteiger partial charge on any atom is 0.161 e. The standard InChI is InChI=1S/C26H38N2O2/c1-2-4-25-24(3-1)29-17-23(30-25)16-27-15-19-5-7-28(8-6-19)18-26-12-20-9-21(13-26)11-22(10-20)14-26/h1-4,19-23,27H,5-18H2. The van der Waals surface area contributed by atoms with Gasteiger partial charge in [0.2, 0.25) is 0 Å². The number of ether oxygens (including phenoxy) is 2. The van der Waals surface area contributed by atoms with E-state index in [0.717, 1.165) is 48.3 Å². The van der Waals surface area contributed by atoms with Gasteiger partial charge in [0.25, 0.3) is 0 Å². The van der Waals surface area contributed by atoms with Gasteiger partial charge in [-0.15, -0.1) is 0 Å². The molecule has 4 aliphatic carbocycles. The van der Waals surface area contributed by atoms with Crippen LogP contribution in [0.4, 0.5) is 0 Å². The van der Waals surface area contributed by atoms with Crippen LogP contribution in [0.15, 0.2) is 24.3 Å². The lowest BCUT2D eigenvalue weighted by molar-refractivity contribution is -0.0723. The molecule has 0 spiro atoms. The fraction of sp³-hybridized carbons (Fsp3) is 0.769. The van der Waals surface area contributed by atoms with Crippen LogP contribution in [0, 0.1) is 29.1 Å². The van der Waals surface area contributed by atoms with Crippen molar-refractivity contribution in [3.63, 3.8) is 0 Å². The SMILES string of the molecule is c1ccc2c(c1)OCC(CNCC1CCN(CC34CC5CC(CC(C5)C3)C4)CC1)O2. The molecule has 0 amide bonds. The first kappa shape index (κ1) is 19.4. The van der Waals surface area contributed by atoms with Crippen molar-refractivity contribution in [3.8, 4) is 11.5 Å². The zero-order valence-electron chi connectivity index (χ0n) is 18.4. The van der Waals surface area contributed by atoms with E-state index in [9.17, 15) is 0 Å². The van der Waals surface area contributed by atoms with E-state index in [4.69, 9.17) is 9.47 Å². The lowest BCUT2D eigenvalue weighted by Crippen LogP contribution is -2.52. The highest BCUT2D eigenvalue weighted by Gasteiger charge is 2.51. The van der Waals surface area contributed by atoms with E-state index in [2.05, 4.69) is 10.2 Å². The molecule has 4 heteroatoms. The maximum atomic E-state index is 6.08. The van der Waals surface area contributed by atoms with E-state index < -0.39 is 0 Å². The number of hydrogen-bond donors (Lipinski definition) is 1. The molecule has 2 aliphatic heterocycles. The molecule has 4 nitrogen and oxygen atoms in total. The van der Waals surface area contributed by atoms with Gasteiger partial charge in [-0.3, -0.25) is 0 Å². The summed E-state index contributed by atoms with van der Waals surface area (Å²) >= 11 is 0. The minimum atomic E-state index is 0.121. The van der Waals surface area contributed by atoms with Gasteiger partial charge in [0, 0.05) is 13.1 Å². The molecule has 1 unspecified atom stereocenters. The Kier molecular flexibility index (Phi) is 5.19. The number of fused-ring (bicyclic) bond motifs is 1. The largest absolute Gasteiger partial charge is 0.486 e. The van der Waals surface area contributed by atoms with Crippen LogP contribution in [-0.2, 0) is 0 Å². The van der Waals surface area contributed by atoms with E-state index in [1.54, 1.807) is 38.5 Å². The van der Waals surface area contributed by atoms with Crippen LogP contribution < -0.4 is 14.8 Å². The van der Waals surface area contributed by atoms with E-state index in [-0.39, 0.29) is 6.10 Å². The smallest absolute Gasteiger partial charge is 0.161 e. The molecule has 5 fully saturated rings. The van der Waals surface area contributed by atoms with Crippen molar-refractivity contribution < 1.29 is 9.47 Å². The summed E-state index contributed by atoms with van der Waals surface area (Å²) < 4.78 is 11.9. The summed E-state index contributed by atoms with van der Waals surface area (Å²) in [6, 6.07) is 7.99. The molecule has 2 heterocycles. The van der Waals surface area contributed by atoms with Crippen molar-refractivity contribution >= 4 is 0 Å². The van der Waals surface area contributed by atoms with Crippen LogP contribution >= 0.6 is 0 Å². The third-order valence-electron chi connectivity index (χ3n) is 8.80. The third kappa shape index (κ3) is 3.98. The highest BCUT2D eigenvalue weighted by Crippen LogP contribution is 2.60. The Labute approximate surface area is 181 Å². The van der Waals surface area contributed by atoms with Crippen LogP contribution in [0.5, 0.6) is 11.5 Å². The molecule has 1 aromatic carbocycles. The Morgan fingerprint density at radius 1 is 0.900 bits per heavy atom. The van der Waals surface area contributed by atoms with Gasteiger partial charge in [0.1, 0.15) is 12.7 Å². The Bertz CT molecular complexity index is 707. The van der Waals surface area contributed by atoms with Crippen molar-refractivity contribution in [2.24, 2.45) is 29.1 Å². The second-order valence-corrected chi connectivity index (χ2v) is 11.3. The Hall–Kier alpha value is -1.26. The molecular weight excluding hydrogens is 372 g/mol. The number of hydrogen-bond acceptors (Lipinski definition) is 4. The van der Waals surface area contributed by atoms with Crippen LogP contribution in [-0.4, -0.2) is 50.3 Å². The third-order valence-corrected chi connectivity index (χ3v) is 8.80. The number of likely N-dealkylation sites (tertiary alicyclic amines) is 1. The summed E-state index contributed by atoms with van der Waals surface area (Å²) in [7, 11) is 0. The number of nitrogens with one attached hydrogen (secondary N) is 1. The Balaban J connectivity index is 0.930. The average molecular weight is 411 g/mol. The van der Waals surface area contributed by atoms with E-state index >= 15 is 0 Å². The maximum absolute atomic E-state index is 6.08. The minimum absolute atomic E-state index is 0.121. The van der Waals surface area contributed by atoms with Gasteiger partial charge in [-0.05, 0) is 112 Å². The number of piperidine rings is 1. The predicted octanol–water partition coefficient (Wildman–Crippen LogP) is 4.34. The summed E-state index contributed by atoms with van der Waals surface area (Å²) in [5.74, 6) is 5.81. The molecule has 6 aliphatic rings. The molecule has 4 bridgehead atoms. The van der Waals surface area contributed by atoms with Gasteiger partial charge in [0.05, 0.1) is 0 Å². The van der Waals surface area contributed by atoms with Crippen molar-refractivity contribution in [1.82, 2.24) is 10.2 Å². The van der Waals surface area contributed by atoms with Gasteiger partial charge in [0.15, 0.2) is 11.5 Å². The zero-order chi connectivity index (χ0) is 20.0. The van der Waals surface area contributed by atoms with Gasteiger partial charge in [-0.2, -0.15) is 0 Å². The Morgan fingerprint density at radius 3 is 2.27 bits per heavy atom. The molecule has 1 aromatic rings. The van der Waals surface area contributed by atoms with Crippen molar-refractivity contribution in [2.45, 2.75) is 57.5 Å². The number of nitrogens with zero attached hydrogens (tertiary/aromatic N) is 1. The van der Waals surface area contributed by atoms with Crippen molar-refractivity contribution in [3.05, 3.63) is 24.3 Å². The number of para-hydroxylation sites is 2. The molecular formula is C26H38N2O2. The first-order chi connectivity index (χ1) is 14.7. The fourth-order valence-electron chi connectivity index (χ4n) is 7.92. The molecule has 1 atom stereocenters. The van der Waals surface area contributed by atoms with Crippen molar-refractivity contribution in [2.75, 3.05) is 39.3 Å². The van der Waals surface area contributed by atoms with Crippen LogP contribution in [0.25, 0.3) is 0 Å². The first-order valence-electron chi connectivity index (χ1n) is 12.5. The summed E-state index contributed by atoms with van der Waals surface area (Å²) in [5, 5.41) is 3.67. The van der Waals surface area contributed by atoms with Crippen LogP contribution in [0.2, 0.25) is 0 Å². The second-order valence-electron chi connectivity index (χ2n) is 11.3. The van der Waals surface area contributed by atoms with Gasteiger partial charge in [-0.25, -0.2) is 0 Å². The topological polar surface area (TPSA) is 33.7 Å². The molecule has 4 saturated carbocycles. The monoisotopic (exact) mass is 410 g/mol. The lowest BCUT2D eigenvalue weighted by atomic mass is 9.49. The fourth-order valence-corrected chi connectivity index (χ4v) is 7.92. The quantitative estimate of drug-likeness (QED) is 0.756. The molecule has 7 rings (SSSR count). The molecule has 30 heavy (non-hydrogen) atoms. The molecule has 1 saturated heterocycles. The lowest BCUT2D eigenvalue weighted by Gasteiger charge is -2.58. The van der Waals surface area contributed by atoms with Crippen LogP contribution in [0.1, 0.15) is 51.4 Å². The summed E-state index contributed by atoms with van der Waals surface area (Å²) in [6.45, 7) is 6.67. The van der Waals surface area contributed by atoms with E-state index in [0.29, 0.717) is 12.0 Å². The average Bonchev–Trinajstić information content (AvgIpc) is 2.74. The number of benzene rings is 1. The summed E-state index contributed by atoms with van der Waals surface area (Å²) in [4.78, 5) is 2.83. The van der Waals surface area contributed by atoms with Crippen molar-refractivity contribution in [1.29, 1.82) is 0 Å². The van der Waals surface area contributed by atoms with Gasteiger partial charge in [-0.1, -0.05) is 12.1 Å². The number of rotatable bonds is 6. The minimum Gasteiger partial charge on any atom is -0.486 e. The Morgan fingerprint density at radius 2 is 1.57 bits per heavy atom. The highest BCUT2D eigenvalue weighted by molar-refractivity contribution is 5.40. The van der Waals surface area contributed by atoms with Gasteiger partial charge < -0.3 is 19.7 Å². The molecule has 1 N–H and O–H groups in total. The normalized spacial score (nSPS) is 38.1. The van der Waals surface area contributed by atoms with Gasteiger partial charge >= 0.3 is 0 Å². The molecule has 0 radical (unpaired) electrons. The first-order valence-corrected chi connectivity index (χ1v) is 12.5. The zero-order valence-corrected chi connectivity index (χ0v) is 18.4. The summed E-state index contributed by atoms with van der Waals surface area (Å²) in [6.07, 6.45) is 12.2. The molecule has 164 valence electrons. The van der Waals surface area contributed by atoms with Crippen LogP contribution in [0.3, 0.4) is 0 Å². The van der Waals surface area contributed by atoms with E-state index in [1.807, 2.05) is 24.3 Å². The molecule has 0 aromatic heterocycles. The van der Waals surface area contributed by atoms with E-state index in [1.165, 1.54) is 32.5 Å².